The van der Waals surface area contributed by atoms with Gasteiger partial charge >= 0.3 is 0 Å². The van der Waals surface area contributed by atoms with Crippen LogP contribution < -0.4 is 5.32 Å². The van der Waals surface area contributed by atoms with Gasteiger partial charge in [0, 0.05) is 19.8 Å². The molecule has 1 rings (SSSR count). The Hall–Kier alpha value is -0.830. The highest BCUT2D eigenvalue weighted by molar-refractivity contribution is 4.98. The van der Waals surface area contributed by atoms with Gasteiger partial charge in [0.2, 0.25) is 0 Å². The Morgan fingerprint density at radius 3 is 2.92 bits per heavy atom. The minimum atomic E-state index is 0.758. The maximum absolute atomic E-state index is 4.11. The van der Waals surface area contributed by atoms with Gasteiger partial charge in [-0.1, -0.05) is 20.3 Å². The summed E-state index contributed by atoms with van der Waals surface area (Å²) in [4.78, 5) is 0. The lowest BCUT2D eigenvalue weighted by Gasteiger charge is -2.09. The monoisotopic (exact) mass is 181 g/mol. The number of hydrogen-bond acceptors (Lipinski definition) is 2. The lowest BCUT2D eigenvalue weighted by molar-refractivity contribution is 0.491. The van der Waals surface area contributed by atoms with E-state index in [0.29, 0.717) is 0 Å². The average Bonchev–Trinajstić information content (AvgIpc) is 2.52. The maximum Gasteiger partial charge on any atom is 0.0518 e. The van der Waals surface area contributed by atoms with Gasteiger partial charge < -0.3 is 5.32 Å². The molecule has 0 aliphatic rings. The summed E-state index contributed by atoms with van der Waals surface area (Å²) >= 11 is 0. The molecule has 74 valence electrons. The molecule has 0 aromatic carbocycles. The van der Waals surface area contributed by atoms with Gasteiger partial charge in [-0.3, -0.25) is 4.68 Å². The summed E-state index contributed by atoms with van der Waals surface area (Å²) in [6.07, 6.45) is 3.07. The van der Waals surface area contributed by atoms with Crippen LogP contribution in [0.4, 0.5) is 0 Å². The Bertz CT molecular complexity index is 242. The van der Waals surface area contributed by atoms with Crippen LogP contribution in [-0.4, -0.2) is 16.3 Å². The molecular weight excluding hydrogens is 162 g/mol. The summed E-state index contributed by atoms with van der Waals surface area (Å²) in [5.41, 5.74) is 1.24. The number of nitrogens with zero attached hydrogens (tertiary/aromatic N) is 2. The lowest BCUT2D eigenvalue weighted by atomic mass is 10.1. The average molecular weight is 181 g/mol. The second-order valence-electron chi connectivity index (χ2n) is 3.59. The topological polar surface area (TPSA) is 29.9 Å². The molecule has 0 bridgehead atoms. The van der Waals surface area contributed by atoms with Crippen molar-refractivity contribution in [2.75, 3.05) is 6.54 Å². The van der Waals surface area contributed by atoms with Gasteiger partial charge in [0.15, 0.2) is 0 Å². The maximum atomic E-state index is 4.11. The summed E-state index contributed by atoms with van der Waals surface area (Å²) in [6.45, 7) is 6.48. The Kier molecular flexibility index (Phi) is 3.96. The Labute approximate surface area is 80.1 Å². The van der Waals surface area contributed by atoms with Gasteiger partial charge in [-0.05, 0) is 18.5 Å². The molecule has 1 unspecified atom stereocenters. The highest BCUT2D eigenvalue weighted by Gasteiger charge is 2.00. The molecule has 1 aromatic heterocycles. The van der Waals surface area contributed by atoms with Crippen molar-refractivity contribution >= 4 is 0 Å². The molecule has 1 aromatic rings. The first-order valence-corrected chi connectivity index (χ1v) is 4.91. The Morgan fingerprint density at radius 2 is 2.38 bits per heavy atom. The largest absolute Gasteiger partial charge is 0.311 e. The predicted octanol–water partition coefficient (Wildman–Crippen LogP) is 1.56. The molecule has 0 saturated heterocycles. The van der Waals surface area contributed by atoms with E-state index in [1.165, 1.54) is 12.1 Å². The molecule has 0 saturated carbocycles. The Balaban J connectivity index is 2.24. The number of nitrogens with one attached hydrogen (secondary N) is 1. The van der Waals surface area contributed by atoms with E-state index in [1.54, 1.807) is 0 Å². The van der Waals surface area contributed by atoms with Gasteiger partial charge in [-0.2, -0.15) is 5.10 Å². The molecule has 3 heteroatoms. The molecule has 0 fully saturated rings. The zero-order chi connectivity index (χ0) is 9.68. The minimum absolute atomic E-state index is 0.758. The number of aryl methyl sites for hydroxylation is 1. The van der Waals surface area contributed by atoms with E-state index in [4.69, 9.17) is 0 Å². The SMILES string of the molecule is CCC(C)CNCc1ccnn1C. The fourth-order valence-corrected chi connectivity index (χ4v) is 1.17. The summed E-state index contributed by atoms with van der Waals surface area (Å²) in [7, 11) is 1.97. The van der Waals surface area contributed by atoms with Crippen LogP contribution in [0.5, 0.6) is 0 Å². The van der Waals surface area contributed by atoms with Crippen molar-refractivity contribution in [3.05, 3.63) is 18.0 Å². The molecule has 0 spiro atoms. The van der Waals surface area contributed by atoms with E-state index in [0.717, 1.165) is 19.0 Å². The smallest absolute Gasteiger partial charge is 0.0518 e. The predicted molar refractivity (Wildman–Crippen MR) is 54.4 cm³/mol. The number of rotatable bonds is 5. The van der Waals surface area contributed by atoms with E-state index in [2.05, 4.69) is 24.3 Å². The third-order valence-corrected chi connectivity index (χ3v) is 2.42. The first-order valence-electron chi connectivity index (χ1n) is 4.91. The molecule has 3 nitrogen and oxygen atoms in total. The van der Waals surface area contributed by atoms with Crippen LogP contribution in [0.15, 0.2) is 12.3 Å². The van der Waals surface area contributed by atoms with Crippen molar-refractivity contribution in [2.45, 2.75) is 26.8 Å². The van der Waals surface area contributed by atoms with E-state index in [9.17, 15) is 0 Å². The Morgan fingerprint density at radius 1 is 1.62 bits per heavy atom. The van der Waals surface area contributed by atoms with Crippen LogP contribution in [0.3, 0.4) is 0 Å². The van der Waals surface area contributed by atoms with E-state index in [1.807, 2.05) is 24.0 Å². The molecule has 0 amide bonds. The highest BCUT2D eigenvalue weighted by Crippen LogP contribution is 1.99. The van der Waals surface area contributed by atoms with E-state index in [-0.39, 0.29) is 0 Å². The summed E-state index contributed by atoms with van der Waals surface area (Å²) in [5.74, 6) is 0.758. The van der Waals surface area contributed by atoms with Crippen molar-refractivity contribution in [1.82, 2.24) is 15.1 Å². The normalized spacial score (nSPS) is 13.2. The van der Waals surface area contributed by atoms with Crippen molar-refractivity contribution in [1.29, 1.82) is 0 Å². The summed E-state index contributed by atoms with van der Waals surface area (Å²) < 4.78 is 1.91. The van der Waals surface area contributed by atoms with Crippen molar-refractivity contribution in [2.24, 2.45) is 13.0 Å². The highest BCUT2D eigenvalue weighted by atomic mass is 15.3. The molecular formula is C10H19N3. The van der Waals surface area contributed by atoms with Gasteiger partial charge in [-0.15, -0.1) is 0 Å². The standard InChI is InChI=1S/C10H19N3/c1-4-9(2)7-11-8-10-5-6-12-13(10)3/h5-6,9,11H,4,7-8H2,1-3H3. The summed E-state index contributed by atoms with van der Waals surface area (Å²) in [5, 5.41) is 7.53. The number of hydrogen-bond donors (Lipinski definition) is 1. The second kappa shape index (κ2) is 5.02. The van der Waals surface area contributed by atoms with Crippen LogP contribution in [-0.2, 0) is 13.6 Å². The first-order chi connectivity index (χ1) is 6.24. The van der Waals surface area contributed by atoms with Crippen molar-refractivity contribution < 1.29 is 0 Å². The third-order valence-electron chi connectivity index (χ3n) is 2.42. The van der Waals surface area contributed by atoms with Gasteiger partial charge in [-0.25, -0.2) is 0 Å². The molecule has 1 heterocycles. The fourth-order valence-electron chi connectivity index (χ4n) is 1.17. The van der Waals surface area contributed by atoms with Gasteiger partial charge in [0.1, 0.15) is 0 Å². The molecule has 13 heavy (non-hydrogen) atoms. The molecule has 0 aliphatic heterocycles. The molecule has 1 atom stereocenters. The molecule has 0 aliphatic carbocycles. The van der Waals surface area contributed by atoms with E-state index < -0.39 is 0 Å². The molecule has 1 N–H and O–H groups in total. The van der Waals surface area contributed by atoms with Gasteiger partial charge in [0.25, 0.3) is 0 Å². The van der Waals surface area contributed by atoms with E-state index >= 15 is 0 Å². The van der Waals surface area contributed by atoms with Crippen LogP contribution in [0.2, 0.25) is 0 Å². The van der Waals surface area contributed by atoms with Crippen molar-refractivity contribution in [3.63, 3.8) is 0 Å². The zero-order valence-electron chi connectivity index (χ0n) is 8.75. The fraction of sp³-hybridized carbons (Fsp3) is 0.700. The quantitative estimate of drug-likeness (QED) is 0.747. The second-order valence-corrected chi connectivity index (χ2v) is 3.59. The number of aromatic nitrogens is 2. The lowest BCUT2D eigenvalue weighted by Crippen LogP contribution is -2.21. The third kappa shape index (κ3) is 3.19. The minimum Gasteiger partial charge on any atom is -0.311 e. The van der Waals surface area contributed by atoms with Crippen LogP contribution >= 0.6 is 0 Å². The van der Waals surface area contributed by atoms with Crippen LogP contribution in [0.25, 0.3) is 0 Å². The first kappa shape index (κ1) is 10.3. The zero-order valence-corrected chi connectivity index (χ0v) is 8.75. The van der Waals surface area contributed by atoms with Gasteiger partial charge in [0.05, 0.1) is 5.69 Å². The van der Waals surface area contributed by atoms with Crippen molar-refractivity contribution in [3.8, 4) is 0 Å². The summed E-state index contributed by atoms with van der Waals surface area (Å²) in [6, 6.07) is 2.05. The molecule has 0 radical (unpaired) electrons. The van der Waals surface area contributed by atoms with Crippen LogP contribution in [0.1, 0.15) is 26.0 Å². The van der Waals surface area contributed by atoms with Crippen LogP contribution in [0, 0.1) is 5.92 Å².